The van der Waals surface area contributed by atoms with Crippen LogP contribution in [0.2, 0.25) is 0 Å². The number of hydrogen-bond acceptors (Lipinski definition) is 3. The summed E-state index contributed by atoms with van der Waals surface area (Å²) >= 11 is 0. The summed E-state index contributed by atoms with van der Waals surface area (Å²) in [5, 5.41) is 11.3. The first-order chi connectivity index (χ1) is 14.1. The molecule has 0 saturated carbocycles. The minimum absolute atomic E-state index is 0.0908. The molecule has 2 N–H and O–H groups in total. The number of aromatic nitrogens is 3. The highest BCUT2D eigenvalue weighted by atomic mass is 16.5. The van der Waals surface area contributed by atoms with E-state index in [-0.39, 0.29) is 11.8 Å². The van der Waals surface area contributed by atoms with Crippen LogP contribution in [0.1, 0.15) is 25.3 Å². The number of carbonyl (C=O) groups is 1. The summed E-state index contributed by atoms with van der Waals surface area (Å²) in [5.41, 5.74) is 3.91. The van der Waals surface area contributed by atoms with Crippen LogP contribution in [0.4, 0.5) is 5.82 Å². The standard InChI is InChI=1S/C23H24N4O2/c1-4-27-19-11-8-12-21(29-3)17(19)13-20(27)18-14-22(26-25-18)24-23(28)15(2)16-9-6-5-7-10-16/h5-15H,4H2,1-3H3,(H2,24,25,26,28)/t15-/m1/s1. The number of aromatic amines is 1. The van der Waals surface area contributed by atoms with Gasteiger partial charge in [-0.2, -0.15) is 5.10 Å². The van der Waals surface area contributed by atoms with Crippen LogP contribution in [-0.2, 0) is 11.3 Å². The summed E-state index contributed by atoms with van der Waals surface area (Å²) in [7, 11) is 1.68. The number of benzene rings is 2. The molecule has 0 aliphatic heterocycles. The zero-order valence-corrected chi connectivity index (χ0v) is 16.8. The van der Waals surface area contributed by atoms with Crippen molar-refractivity contribution in [3.8, 4) is 17.1 Å². The SMILES string of the molecule is CCn1c(-c2cc(NC(=O)[C@H](C)c3ccccc3)n[nH]2)cc2c(OC)cccc21. The van der Waals surface area contributed by atoms with Crippen molar-refractivity contribution in [2.24, 2.45) is 0 Å². The van der Waals surface area contributed by atoms with E-state index in [0.29, 0.717) is 5.82 Å². The summed E-state index contributed by atoms with van der Waals surface area (Å²) in [6.07, 6.45) is 0. The number of carbonyl (C=O) groups excluding carboxylic acids is 1. The van der Waals surface area contributed by atoms with E-state index in [0.717, 1.165) is 40.1 Å². The average Bonchev–Trinajstić information content (AvgIpc) is 3.37. The minimum Gasteiger partial charge on any atom is -0.496 e. The number of anilines is 1. The van der Waals surface area contributed by atoms with E-state index in [4.69, 9.17) is 4.74 Å². The third kappa shape index (κ3) is 3.49. The lowest BCUT2D eigenvalue weighted by atomic mass is 10.0. The van der Waals surface area contributed by atoms with Crippen molar-refractivity contribution in [3.63, 3.8) is 0 Å². The van der Waals surface area contributed by atoms with E-state index >= 15 is 0 Å². The zero-order chi connectivity index (χ0) is 20.4. The number of ether oxygens (including phenoxy) is 1. The van der Waals surface area contributed by atoms with Gasteiger partial charge in [0.15, 0.2) is 5.82 Å². The molecular formula is C23H24N4O2. The molecule has 2 aromatic carbocycles. The number of amides is 1. The Morgan fingerprint density at radius 3 is 2.69 bits per heavy atom. The third-order valence-corrected chi connectivity index (χ3v) is 5.24. The van der Waals surface area contributed by atoms with E-state index in [9.17, 15) is 4.79 Å². The number of fused-ring (bicyclic) bond motifs is 1. The van der Waals surface area contributed by atoms with Crippen LogP contribution < -0.4 is 10.1 Å². The number of nitrogens with zero attached hydrogens (tertiary/aromatic N) is 2. The molecule has 0 radical (unpaired) electrons. The van der Waals surface area contributed by atoms with Crippen molar-refractivity contribution >= 4 is 22.6 Å². The molecule has 0 saturated heterocycles. The maximum absolute atomic E-state index is 12.6. The highest BCUT2D eigenvalue weighted by Gasteiger charge is 2.18. The summed E-state index contributed by atoms with van der Waals surface area (Å²) in [6, 6.07) is 19.7. The maximum Gasteiger partial charge on any atom is 0.232 e. The Balaban J connectivity index is 1.62. The van der Waals surface area contributed by atoms with Crippen LogP contribution in [0.5, 0.6) is 5.75 Å². The molecular weight excluding hydrogens is 364 g/mol. The second kappa shape index (κ2) is 7.83. The second-order valence-corrected chi connectivity index (χ2v) is 6.96. The monoisotopic (exact) mass is 388 g/mol. The molecule has 0 unspecified atom stereocenters. The smallest absolute Gasteiger partial charge is 0.232 e. The topological polar surface area (TPSA) is 71.9 Å². The zero-order valence-electron chi connectivity index (χ0n) is 16.8. The Morgan fingerprint density at radius 2 is 1.97 bits per heavy atom. The van der Waals surface area contributed by atoms with Gasteiger partial charge in [-0.3, -0.25) is 9.89 Å². The predicted molar refractivity (Wildman–Crippen MR) is 115 cm³/mol. The fraction of sp³-hybridized carbons (Fsp3) is 0.217. The van der Waals surface area contributed by atoms with Crippen molar-refractivity contribution in [1.82, 2.24) is 14.8 Å². The normalized spacial score (nSPS) is 12.1. The summed E-state index contributed by atoms with van der Waals surface area (Å²) < 4.78 is 7.70. The third-order valence-electron chi connectivity index (χ3n) is 5.24. The van der Waals surface area contributed by atoms with Gasteiger partial charge < -0.3 is 14.6 Å². The molecule has 0 spiro atoms. The summed E-state index contributed by atoms with van der Waals surface area (Å²) in [5.74, 6) is 0.989. The molecule has 6 nitrogen and oxygen atoms in total. The van der Waals surface area contributed by atoms with Crippen LogP contribution in [0.15, 0.2) is 60.7 Å². The minimum atomic E-state index is -0.261. The summed E-state index contributed by atoms with van der Waals surface area (Å²) in [6.45, 7) is 4.79. The van der Waals surface area contributed by atoms with Crippen molar-refractivity contribution in [2.45, 2.75) is 26.3 Å². The van der Waals surface area contributed by atoms with Crippen LogP contribution in [0.25, 0.3) is 22.3 Å². The molecule has 4 rings (SSSR count). The number of nitrogens with one attached hydrogen (secondary N) is 2. The van der Waals surface area contributed by atoms with Crippen molar-refractivity contribution < 1.29 is 9.53 Å². The number of hydrogen-bond donors (Lipinski definition) is 2. The number of H-pyrrole nitrogens is 1. The largest absolute Gasteiger partial charge is 0.496 e. The van der Waals surface area contributed by atoms with E-state index in [2.05, 4.69) is 39.1 Å². The van der Waals surface area contributed by atoms with Gasteiger partial charge in [0.05, 0.1) is 29.9 Å². The molecule has 2 aromatic heterocycles. The average molecular weight is 388 g/mol. The van der Waals surface area contributed by atoms with Crippen molar-refractivity contribution in [3.05, 3.63) is 66.2 Å². The molecule has 0 fully saturated rings. The van der Waals surface area contributed by atoms with Gasteiger partial charge in [-0.25, -0.2) is 0 Å². The van der Waals surface area contributed by atoms with E-state index in [1.54, 1.807) is 7.11 Å². The first kappa shape index (κ1) is 18.8. The lowest BCUT2D eigenvalue weighted by molar-refractivity contribution is -0.117. The molecule has 4 aromatic rings. The molecule has 29 heavy (non-hydrogen) atoms. The number of aryl methyl sites for hydroxylation is 1. The molecule has 1 amide bonds. The lowest BCUT2D eigenvalue weighted by Gasteiger charge is -2.10. The van der Waals surface area contributed by atoms with Crippen LogP contribution in [0, 0.1) is 0 Å². The fourth-order valence-corrected chi connectivity index (χ4v) is 3.64. The quantitative estimate of drug-likeness (QED) is 0.498. The molecule has 0 aliphatic carbocycles. The Kier molecular flexibility index (Phi) is 5.08. The van der Waals surface area contributed by atoms with Crippen LogP contribution >= 0.6 is 0 Å². The summed E-state index contributed by atoms with van der Waals surface area (Å²) in [4.78, 5) is 12.6. The van der Waals surface area contributed by atoms with Gasteiger partial charge in [0.2, 0.25) is 5.91 Å². The first-order valence-electron chi connectivity index (χ1n) is 9.70. The maximum atomic E-state index is 12.6. The van der Waals surface area contributed by atoms with E-state index < -0.39 is 0 Å². The highest BCUT2D eigenvalue weighted by molar-refractivity contribution is 5.96. The van der Waals surface area contributed by atoms with Crippen molar-refractivity contribution in [1.29, 1.82) is 0 Å². The van der Waals surface area contributed by atoms with Gasteiger partial charge in [0, 0.05) is 18.0 Å². The van der Waals surface area contributed by atoms with Crippen LogP contribution in [-0.4, -0.2) is 27.8 Å². The molecule has 0 aliphatic rings. The van der Waals surface area contributed by atoms with Gasteiger partial charge in [-0.05, 0) is 37.6 Å². The molecule has 0 bridgehead atoms. The Hall–Kier alpha value is -3.54. The molecule has 2 heterocycles. The van der Waals surface area contributed by atoms with Crippen LogP contribution in [0.3, 0.4) is 0 Å². The van der Waals surface area contributed by atoms with Gasteiger partial charge >= 0.3 is 0 Å². The second-order valence-electron chi connectivity index (χ2n) is 6.96. The first-order valence-corrected chi connectivity index (χ1v) is 9.70. The number of methoxy groups -OCH3 is 1. The molecule has 1 atom stereocenters. The fourth-order valence-electron chi connectivity index (χ4n) is 3.64. The van der Waals surface area contributed by atoms with Gasteiger partial charge in [0.1, 0.15) is 5.75 Å². The van der Waals surface area contributed by atoms with E-state index in [1.165, 1.54) is 0 Å². The number of rotatable bonds is 6. The molecule has 6 heteroatoms. The Bertz CT molecular complexity index is 1140. The molecule has 148 valence electrons. The van der Waals surface area contributed by atoms with Gasteiger partial charge in [0.25, 0.3) is 0 Å². The van der Waals surface area contributed by atoms with E-state index in [1.807, 2.05) is 55.5 Å². The Labute approximate surface area is 169 Å². The Morgan fingerprint density at radius 1 is 1.17 bits per heavy atom. The lowest BCUT2D eigenvalue weighted by Crippen LogP contribution is -2.19. The highest BCUT2D eigenvalue weighted by Crippen LogP contribution is 2.33. The van der Waals surface area contributed by atoms with Gasteiger partial charge in [-0.1, -0.05) is 36.4 Å². The van der Waals surface area contributed by atoms with Gasteiger partial charge in [-0.15, -0.1) is 0 Å². The van der Waals surface area contributed by atoms with Crippen molar-refractivity contribution in [2.75, 3.05) is 12.4 Å². The predicted octanol–water partition coefficient (Wildman–Crippen LogP) is 4.80.